The molecule has 2 aliphatic heterocycles. The molecule has 29 heavy (non-hydrogen) atoms. The van der Waals surface area contributed by atoms with Crippen molar-refractivity contribution in [1.82, 2.24) is 10.2 Å². The molecule has 4 rings (SSSR count). The van der Waals surface area contributed by atoms with Crippen LogP contribution in [0.4, 0.5) is 0 Å². The predicted molar refractivity (Wildman–Crippen MR) is 111 cm³/mol. The smallest absolute Gasteiger partial charge is 0.308 e. The molecule has 2 N–H and O–H groups in total. The summed E-state index contributed by atoms with van der Waals surface area (Å²) in [6.45, 7) is 5.88. The molecule has 2 fully saturated rings. The van der Waals surface area contributed by atoms with E-state index >= 15 is 0 Å². The average Bonchev–Trinajstić information content (AvgIpc) is 3.46. The van der Waals surface area contributed by atoms with Crippen LogP contribution in [0.25, 0.3) is 5.57 Å². The van der Waals surface area contributed by atoms with Crippen LogP contribution in [0.1, 0.15) is 45.1 Å². The number of benzene rings is 1. The van der Waals surface area contributed by atoms with Gasteiger partial charge in [0.05, 0.1) is 12.0 Å². The molecule has 2 heterocycles. The normalized spacial score (nSPS) is 25.6. The van der Waals surface area contributed by atoms with Gasteiger partial charge in [-0.25, -0.2) is 0 Å². The van der Waals surface area contributed by atoms with E-state index in [4.69, 9.17) is 4.74 Å². The van der Waals surface area contributed by atoms with Crippen molar-refractivity contribution >= 4 is 17.4 Å². The van der Waals surface area contributed by atoms with E-state index in [0.29, 0.717) is 19.5 Å². The monoisotopic (exact) mass is 398 g/mol. The van der Waals surface area contributed by atoms with Gasteiger partial charge in [-0.2, -0.15) is 0 Å². The summed E-state index contributed by atoms with van der Waals surface area (Å²) in [5.41, 5.74) is 2.44. The fraction of sp³-hybridized carbons (Fsp3) is 0.565. The van der Waals surface area contributed by atoms with Gasteiger partial charge in [-0.15, -0.1) is 0 Å². The van der Waals surface area contributed by atoms with Crippen LogP contribution < -0.4 is 10.1 Å². The Morgan fingerprint density at radius 1 is 1.31 bits per heavy atom. The molecule has 1 amide bonds. The molecule has 1 saturated heterocycles. The Morgan fingerprint density at radius 2 is 2.10 bits per heavy atom. The third kappa shape index (κ3) is 4.32. The van der Waals surface area contributed by atoms with Gasteiger partial charge in [0, 0.05) is 19.6 Å². The molecule has 6 heteroatoms. The van der Waals surface area contributed by atoms with E-state index in [1.54, 1.807) is 4.90 Å². The van der Waals surface area contributed by atoms with Crippen LogP contribution in [-0.2, 0) is 9.59 Å². The van der Waals surface area contributed by atoms with Crippen molar-refractivity contribution in [3.63, 3.8) is 0 Å². The second-order valence-electron chi connectivity index (χ2n) is 8.97. The zero-order valence-electron chi connectivity index (χ0n) is 17.2. The molecule has 3 aliphatic rings. The second-order valence-corrected chi connectivity index (χ2v) is 8.97. The van der Waals surface area contributed by atoms with Crippen molar-refractivity contribution in [3.05, 3.63) is 35.9 Å². The predicted octanol–water partition coefficient (Wildman–Crippen LogP) is 2.93. The number of aliphatic carboxylic acids is 1. The summed E-state index contributed by atoms with van der Waals surface area (Å²) in [7, 11) is 0. The Bertz CT molecular complexity index is 828. The summed E-state index contributed by atoms with van der Waals surface area (Å²) in [6, 6.07) is 7.44. The number of carboxylic acids is 1. The number of carbonyl (C=O) groups is 2. The molecule has 1 spiro atoms. The topological polar surface area (TPSA) is 78.9 Å². The largest absolute Gasteiger partial charge is 0.491 e. The van der Waals surface area contributed by atoms with Gasteiger partial charge < -0.3 is 20.1 Å². The molecule has 6 nitrogen and oxygen atoms in total. The van der Waals surface area contributed by atoms with Gasteiger partial charge in [0.1, 0.15) is 11.8 Å². The van der Waals surface area contributed by atoms with Crippen LogP contribution in [0.15, 0.2) is 30.3 Å². The van der Waals surface area contributed by atoms with Crippen molar-refractivity contribution in [2.45, 2.75) is 51.7 Å². The summed E-state index contributed by atoms with van der Waals surface area (Å²) in [5.74, 6) is -0.729. The number of carboxylic acid groups (broad SMARTS) is 1. The van der Waals surface area contributed by atoms with Crippen molar-refractivity contribution < 1.29 is 19.4 Å². The highest BCUT2D eigenvalue weighted by atomic mass is 16.5. The van der Waals surface area contributed by atoms with E-state index < -0.39 is 17.9 Å². The minimum absolute atomic E-state index is 0.0832. The molecule has 1 aromatic rings. The number of hydrogen-bond donors (Lipinski definition) is 2. The third-order valence-electron chi connectivity index (χ3n) is 6.39. The van der Waals surface area contributed by atoms with E-state index in [1.807, 2.05) is 32.0 Å². The quantitative estimate of drug-likeness (QED) is 0.797. The van der Waals surface area contributed by atoms with Crippen LogP contribution in [0, 0.1) is 11.3 Å². The maximum absolute atomic E-state index is 13.1. The fourth-order valence-electron chi connectivity index (χ4n) is 4.54. The second kappa shape index (κ2) is 7.82. The van der Waals surface area contributed by atoms with E-state index in [-0.39, 0.29) is 17.4 Å². The molecule has 1 aliphatic carbocycles. The number of nitrogens with zero attached hydrogens (tertiary/aromatic N) is 1. The first-order chi connectivity index (χ1) is 13.9. The Morgan fingerprint density at radius 3 is 2.72 bits per heavy atom. The fourth-order valence-corrected chi connectivity index (χ4v) is 4.54. The maximum atomic E-state index is 13.1. The Hall–Kier alpha value is -2.34. The van der Waals surface area contributed by atoms with Gasteiger partial charge in [-0.1, -0.05) is 18.2 Å². The van der Waals surface area contributed by atoms with E-state index in [1.165, 1.54) is 5.57 Å². The summed E-state index contributed by atoms with van der Waals surface area (Å²) < 4.78 is 5.78. The molecular weight excluding hydrogens is 368 g/mol. The summed E-state index contributed by atoms with van der Waals surface area (Å²) in [5, 5.41) is 12.9. The van der Waals surface area contributed by atoms with E-state index in [0.717, 1.165) is 37.1 Å². The van der Waals surface area contributed by atoms with Gasteiger partial charge in [-0.05, 0) is 68.2 Å². The Kier molecular flexibility index (Phi) is 5.38. The van der Waals surface area contributed by atoms with Gasteiger partial charge in [-0.3, -0.25) is 9.59 Å². The molecule has 0 aromatic heterocycles. The number of piperidine rings is 1. The lowest BCUT2D eigenvalue weighted by molar-refractivity contribution is -0.150. The lowest BCUT2D eigenvalue weighted by atomic mass is 9.81. The van der Waals surface area contributed by atoms with Gasteiger partial charge >= 0.3 is 5.97 Å². The van der Waals surface area contributed by atoms with Crippen molar-refractivity contribution in [2.24, 2.45) is 11.3 Å². The number of hydrogen-bond acceptors (Lipinski definition) is 4. The molecule has 2 unspecified atom stereocenters. The molecule has 0 bridgehead atoms. The third-order valence-corrected chi connectivity index (χ3v) is 6.39. The van der Waals surface area contributed by atoms with Crippen LogP contribution >= 0.6 is 0 Å². The summed E-state index contributed by atoms with van der Waals surface area (Å²) in [4.78, 5) is 26.6. The van der Waals surface area contributed by atoms with Crippen LogP contribution in [0.5, 0.6) is 5.75 Å². The van der Waals surface area contributed by atoms with E-state index in [9.17, 15) is 14.7 Å². The molecular formula is C23H30N2O4. The summed E-state index contributed by atoms with van der Waals surface area (Å²) in [6.07, 6.45) is 5.71. The van der Waals surface area contributed by atoms with Crippen molar-refractivity contribution in [2.75, 3.05) is 19.6 Å². The highest BCUT2D eigenvalue weighted by Gasteiger charge is 2.52. The first kappa shape index (κ1) is 20.0. The Labute approximate surface area is 171 Å². The highest BCUT2D eigenvalue weighted by molar-refractivity contribution is 5.88. The molecule has 0 radical (unpaired) electrons. The lowest BCUT2D eigenvalue weighted by Crippen LogP contribution is -2.57. The first-order valence-corrected chi connectivity index (χ1v) is 10.6. The number of rotatable bonds is 5. The SMILES string of the molecule is CC(C)Oc1cccc(C2=CCN(C(=O)C3NCC4(CC4)CC3C(=O)O)CC2)c1. The Balaban J connectivity index is 1.42. The average molecular weight is 399 g/mol. The first-order valence-electron chi connectivity index (χ1n) is 10.6. The summed E-state index contributed by atoms with van der Waals surface area (Å²) >= 11 is 0. The minimum Gasteiger partial charge on any atom is -0.491 e. The van der Waals surface area contributed by atoms with Gasteiger partial charge in [0.2, 0.25) is 5.91 Å². The minimum atomic E-state index is -0.864. The van der Waals surface area contributed by atoms with Gasteiger partial charge in [0.15, 0.2) is 0 Å². The standard InChI is InChI=1S/C23H30N2O4/c1-15(2)29-18-5-3-4-17(12-18)16-6-10-25(11-7-16)21(26)20-19(22(27)28)13-23(8-9-23)14-24-20/h3-6,12,15,19-20,24H,7-11,13-14H2,1-2H3,(H,27,28). The maximum Gasteiger partial charge on any atom is 0.308 e. The van der Waals surface area contributed by atoms with Gasteiger partial charge in [0.25, 0.3) is 0 Å². The number of ether oxygens (including phenoxy) is 1. The van der Waals surface area contributed by atoms with Crippen molar-refractivity contribution in [1.29, 1.82) is 0 Å². The zero-order chi connectivity index (χ0) is 20.6. The van der Waals surface area contributed by atoms with Crippen LogP contribution in [0.3, 0.4) is 0 Å². The molecule has 1 saturated carbocycles. The van der Waals surface area contributed by atoms with Crippen LogP contribution in [-0.4, -0.2) is 53.7 Å². The number of carbonyl (C=O) groups excluding carboxylic acids is 1. The lowest BCUT2D eigenvalue weighted by Gasteiger charge is -2.38. The van der Waals surface area contributed by atoms with Crippen molar-refractivity contribution in [3.8, 4) is 5.75 Å². The zero-order valence-corrected chi connectivity index (χ0v) is 17.2. The number of nitrogens with one attached hydrogen (secondary N) is 1. The number of amides is 1. The van der Waals surface area contributed by atoms with Crippen LogP contribution in [0.2, 0.25) is 0 Å². The molecule has 2 atom stereocenters. The highest BCUT2D eigenvalue weighted by Crippen LogP contribution is 2.52. The van der Waals surface area contributed by atoms with E-state index in [2.05, 4.69) is 17.5 Å². The molecule has 1 aromatic carbocycles. The molecule has 156 valence electrons.